The molecular weight excluding hydrogens is 192 g/mol. The van der Waals surface area contributed by atoms with Gasteiger partial charge in [-0.05, 0) is 42.3 Å². The molecule has 0 fully saturated rings. The zero-order valence-electron chi connectivity index (χ0n) is 9.21. The summed E-state index contributed by atoms with van der Waals surface area (Å²) in [7, 11) is 0. The Labute approximate surface area is 90.3 Å². The second-order valence-corrected chi connectivity index (χ2v) is 5.42. The topological polar surface area (TPSA) is 52.0 Å². The standard InChI is InChI=1S/C11H20N2S/c1-8-4-7-14-9(8)10(13)11(2,3)5-6-12/h4,7,10H,5-6,12-13H2,1-3H3. The summed E-state index contributed by atoms with van der Waals surface area (Å²) in [4.78, 5) is 1.29. The van der Waals surface area contributed by atoms with Crippen LogP contribution in [-0.4, -0.2) is 6.54 Å². The highest BCUT2D eigenvalue weighted by atomic mass is 32.1. The van der Waals surface area contributed by atoms with Crippen LogP contribution in [0.5, 0.6) is 0 Å². The lowest BCUT2D eigenvalue weighted by Gasteiger charge is -2.31. The van der Waals surface area contributed by atoms with Crippen molar-refractivity contribution in [1.82, 2.24) is 0 Å². The smallest absolute Gasteiger partial charge is 0.0444 e. The minimum atomic E-state index is 0.0877. The first-order valence-corrected chi connectivity index (χ1v) is 5.86. The van der Waals surface area contributed by atoms with Crippen LogP contribution in [0.2, 0.25) is 0 Å². The molecule has 1 atom stereocenters. The molecule has 0 aliphatic rings. The van der Waals surface area contributed by atoms with Crippen molar-refractivity contribution in [2.45, 2.75) is 33.2 Å². The fourth-order valence-corrected chi connectivity index (χ4v) is 2.72. The second-order valence-electron chi connectivity index (χ2n) is 4.47. The van der Waals surface area contributed by atoms with E-state index >= 15 is 0 Å². The van der Waals surface area contributed by atoms with Gasteiger partial charge in [-0.3, -0.25) is 0 Å². The quantitative estimate of drug-likeness (QED) is 0.805. The van der Waals surface area contributed by atoms with Crippen molar-refractivity contribution in [1.29, 1.82) is 0 Å². The number of hydrogen-bond acceptors (Lipinski definition) is 3. The third kappa shape index (κ3) is 2.35. The molecule has 1 aromatic heterocycles. The molecule has 0 spiro atoms. The van der Waals surface area contributed by atoms with E-state index < -0.39 is 0 Å². The Morgan fingerprint density at radius 3 is 2.57 bits per heavy atom. The molecule has 1 unspecified atom stereocenters. The van der Waals surface area contributed by atoms with Gasteiger partial charge in [0.1, 0.15) is 0 Å². The Balaban J connectivity index is 2.84. The van der Waals surface area contributed by atoms with Crippen LogP contribution in [-0.2, 0) is 0 Å². The molecule has 80 valence electrons. The first-order valence-electron chi connectivity index (χ1n) is 4.98. The van der Waals surface area contributed by atoms with E-state index in [0.29, 0.717) is 6.54 Å². The second kappa shape index (κ2) is 4.43. The Bertz CT molecular complexity index is 291. The fraction of sp³-hybridized carbons (Fsp3) is 0.636. The molecule has 3 heteroatoms. The number of hydrogen-bond donors (Lipinski definition) is 2. The summed E-state index contributed by atoms with van der Waals surface area (Å²) >= 11 is 1.74. The predicted octanol–water partition coefficient (Wildman–Crippen LogP) is 2.43. The predicted molar refractivity (Wildman–Crippen MR) is 63.4 cm³/mol. The van der Waals surface area contributed by atoms with Gasteiger partial charge in [0.2, 0.25) is 0 Å². The van der Waals surface area contributed by atoms with Crippen LogP contribution in [0, 0.1) is 12.3 Å². The highest BCUT2D eigenvalue weighted by Crippen LogP contribution is 2.37. The van der Waals surface area contributed by atoms with Crippen LogP contribution in [0.25, 0.3) is 0 Å². The van der Waals surface area contributed by atoms with Gasteiger partial charge in [0.05, 0.1) is 0 Å². The van der Waals surface area contributed by atoms with E-state index in [1.54, 1.807) is 11.3 Å². The van der Waals surface area contributed by atoms with Gasteiger partial charge in [-0.1, -0.05) is 13.8 Å². The molecule has 4 N–H and O–H groups in total. The minimum Gasteiger partial charge on any atom is -0.330 e. The third-order valence-corrected chi connectivity index (χ3v) is 3.92. The number of nitrogens with two attached hydrogens (primary N) is 2. The highest BCUT2D eigenvalue weighted by molar-refractivity contribution is 7.10. The van der Waals surface area contributed by atoms with E-state index in [9.17, 15) is 0 Å². The number of aryl methyl sites for hydroxylation is 1. The Morgan fingerprint density at radius 2 is 2.14 bits per heavy atom. The summed E-state index contributed by atoms with van der Waals surface area (Å²) in [5, 5.41) is 2.10. The zero-order valence-corrected chi connectivity index (χ0v) is 10.0. The summed E-state index contributed by atoms with van der Waals surface area (Å²) in [5.74, 6) is 0. The SMILES string of the molecule is Cc1ccsc1C(N)C(C)(C)CCN. The van der Waals surface area contributed by atoms with Crippen LogP contribution in [0.4, 0.5) is 0 Å². The Hall–Kier alpha value is -0.380. The molecule has 2 nitrogen and oxygen atoms in total. The van der Waals surface area contributed by atoms with Crippen molar-refractivity contribution in [3.05, 3.63) is 21.9 Å². The number of thiophene rings is 1. The minimum absolute atomic E-state index is 0.0877. The first kappa shape index (κ1) is 11.7. The Morgan fingerprint density at radius 1 is 1.50 bits per heavy atom. The van der Waals surface area contributed by atoms with Crippen molar-refractivity contribution < 1.29 is 0 Å². The van der Waals surface area contributed by atoms with Crippen LogP contribution < -0.4 is 11.5 Å². The Kier molecular flexibility index (Phi) is 3.70. The van der Waals surface area contributed by atoms with Gasteiger partial charge >= 0.3 is 0 Å². The maximum atomic E-state index is 6.26. The van der Waals surface area contributed by atoms with Gasteiger partial charge < -0.3 is 11.5 Å². The van der Waals surface area contributed by atoms with Gasteiger partial charge in [-0.15, -0.1) is 11.3 Å². The van der Waals surface area contributed by atoms with Crippen molar-refractivity contribution in [3.63, 3.8) is 0 Å². The largest absolute Gasteiger partial charge is 0.330 e. The van der Waals surface area contributed by atoms with Gasteiger partial charge in [0, 0.05) is 10.9 Å². The summed E-state index contributed by atoms with van der Waals surface area (Å²) in [6, 6.07) is 2.23. The molecule has 0 amide bonds. The van der Waals surface area contributed by atoms with E-state index in [1.807, 2.05) is 0 Å². The molecule has 1 heterocycles. The molecule has 14 heavy (non-hydrogen) atoms. The van der Waals surface area contributed by atoms with Crippen molar-refractivity contribution in [3.8, 4) is 0 Å². The molecule has 0 aromatic carbocycles. The lowest BCUT2D eigenvalue weighted by atomic mass is 9.80. The summed E-state index contributed by atoms with van der Waals surface area (Å²) in [5.41, 5.74) is 13.2. The highest BCUT2D eigenvalue weighted by Gasteiger charge is 2.28. The van der Waals surface area contributed by atoms with Gasteiger partial charge in [-0.2, -0.15) is 0 Å². The zero-order chi connectivity index (χ0) is 10.8. The normalized spacial score (nSPS) is 14.4. The van der Waals surface area contributed by atoms with Crippen LogP contribution in [0.3, 0.4) is 0 Å². The molecule has 0 aliphatic heterocycles. The molecule has 1 rings (SSSR count). The fourth-order valence-electron chi connectivity index (χ4n) is 1.59. The molecule has 0 saturated carbocycles. The maximum absolute atomic E-state index is 6.26. The van der Waals surface area contributed by atoms with Crippen molar-refractivity contribution in [2.24, 2.45) is 16.9 Å². The third-order valence-electron chi connectivity index (χ3n) is 2.81. The molecule has 0 bridgehead atoms. The number of rotatable bonds is 4. The average Bonchev–Trinajstić information content (AvgIpc) is 2.50. The van der Waals surface area contributed by atoms with Crippen molar-refractivity contribution >= 4 is 11.3 Å². The van der Waals surface area contributed by atoms with Gasteiger partial charge in [0.25, 0.3) is 0 Å². The van der Waals surface area contributed by atoms with Crippen LogP contribution >= 0.6 is 11.3 Å². The monoisotopic (exact) mass is 212 g/mol. The first-order chi connectivity index (χ1) is 6.49. The molecule has 0 aliphatic carbocycles. The lowest BCUT2D eigenvalue weighted by molar-refractivity contribution is 0.273. The molecule has 0 radical (unpaired) electrons. The van der Waals surface area contributed by atoms with E-state index in [0.717, 1.165) is 6.42 Å². The lowest BCUT2D eigenvalue weighted by Crippen LogP contribution is -2.31. The van der Waals surface area contributed by atoms with Crippen LogP contribution in [0.15, 0.2) is 11.4 Å². The van der Waals surface area contributed by atoms with E-state index in [1.165, 1.54) is 10.4 Å². The van der Waals surface area contributed by atoms with Gasteiger partial charge in [-0.25, -0.2) is 0 Å². The van der Waals surface area contributed by atoms with E-state index in [2.05, 4.69) is 32.2 Å². The average molecular weight is 212 g/mol. The van der Waals surface area contributed by atoms with E-state index in [4.69, 9.17) is 11.5 Å². The summed E-state index contributed by atoms with van der Waals surface area (Å²) in [6.07, 6.45) is 0.964. The maximum Gasteiger partial charge on any atom is 0.0444 e. The van der Waals surface area contributed by atoms with E-state index in [-0.39, 0.29) is 11.5 Å². The van der Waals surface area contributed by atoms with Gasteiger partial charge in [0.15, 0.2) is 0 Å². The molecule has 0 saturated heterocycles. The van der Waals surface area contributed by atoms with Crippen LogP contribution in [0.1, 0.15) is 36.8 Å². The summed E-state index contributed by atoms with van der Waals surface area (Å²) in [6.45, 7) is 7.18. The summed E-state index contributed by atoms with van der Waals surface area (Å²) < 4.78 is 0. The van der Waals surface area contributed by atoms with Crippen molar-refractivity contribution in [2.75, 3.05) is 6.54 Å². The molecule has 1 aromatic rings. The molecular formula is C11H20N2S.